The van der Waals surface area contributed by atoms with E-state index < -0.39 is 6.10 Å². The molecule has 1 aromatic rings. The Kier molecular flexibility index (Phi) is 3.31. The van der Waals surface area contributed by atoms with Crippen molar-refractivity contribution in [2.75, 3.05) is 6.54 Å². The van der Waals surface area contributed by atoms with E-state index in [-0.39, 0.29) is 18.1 Å². The standard InChI is InChI=1S/C12H14FNO2/c13-9-3-1-8(2-4-9)12(16)11(15)7-14-10-5-6-10/h1-4,10-11,14-15H,5-7H2. The highest BCUT2D eigenvalue weighted by Gasteiger charge is 2.24. The van der Waals surface area contributed by atoms with E-state index in [1.165, 1.54) is 24.3 Å². The second-order valence-electron chi connectivity index (χ2n) is 4.07. The molecule has 0 aliphatic heterocycles. The Morgan fingerprint density at radius 3 is 2.62 bits per heavy atom. The maximum atomic E-state index is 12.6. The third kappa shape index (κ3) is 2.87. The minimum atomic E-state index is -1.05. The first-order valence-electron chi connectivity index (χ1n) is 5.38. The fourth-order valence-corrected chi connectivity index (χ4v) is 1.46. The van der Waals surface area contributed by atoms with Gasteiger partial charge in [0.25, 0.3) is 0 Å². The van der Waals surface area contributed by atoms with Gasteiger partial charge < -0.3 is 10.4 Å². The van der Waals surface area contributed by atoms with E-state index in [9.17, 15) is 14.3 Å². The molecule has 2 N–H and O–H groups in total. The molecule has 0 amide bonds. The lowest BCUT2D eigenvalue weighted by Crippen LogP contribution is -2.34. The Bertz CT molecular complexity index is 373. The first-order valence-corrected chi connectivity index (χ1v) is 5.38. The number of aliphatic hydroxyl groups excluding tert-OH is 1. The van der Waals surface area contributed by atoms with Gasteiger partial charge in [0.2, 0.25) is 0 Å². The van der Waals surface area contributed by atoms with Crippen molar-refractivity contribution in [1.82, 2.24) is 5.32 Å². The number of ketones is 1. The molecule has 1 atom stereocenters. The van der Waals surface area contributed by atoms with Gasteiger partial charge in [-0.05, 0) is 37.1 Å². The van der Waals surface area contributed by atoms with E-state index in [1.54, 1.807) is 0 Å². The third-order valence-electron chi connectivity index (χ3n) is 2.61. The molecule has 16 heavy (non-hydrogen) atoms. The Labute approximate surface area is 93.3 Å². The minimum absolute atomic E-state index is 0.265. The van der Waals surface area contributed by atoms with Gasteiger partial charge >= 0.3 is 0 Å². The van der Waals surface area contributed by atoms with Crippen LogP contribution in [0.3, 0.4) is 0 Å². The zero-order valence-electron chi connectivity index (χ0n) is 8.82. The second-order valence-corrected chi connectivity index (χ2v) is 4.07. The molecule has 0 aromatic heterocycles. The number of halogens is 1. The number of rotatable bonds is 5. The molecule has 1 unspecified atom stereocenters. The number of carbonyl (C=O) groups excluding carboxylic acids is 1. The van der Waals surface area contributed by atoms with Crippen LogP contribution in [0.15, 0.2) is 24.3 Å². The Morgan fingerprint density at radius 2 is 2.06 bits per heavy atom. The van der Waals surface area contributed by atoms with Gasteiger partial charge in [-0.15, -0.1) is 0 Å². The molecular weight excluding hydrogens is 209 g/mol. The quantitative estimate of drug-likeness (QED) is 0.735. The molecule has 1 aliphatic carbocycles. The summed E-state index contributed by atoms with van der Waals surface area (Å²) in [7, 11) is 0. The summed E-state index contributed by atoms with van der Waals surface area (Å²) in [5, 5.41) is 12.7. The number of aliphatic hydroxyl groups is 1. The first kappa shape index (κ1) is 11.2. The number of carbonyl (C=O) groups is 1. The number of benzene rings is 1. The van der Waals surface area contributed by atoms with Crippen LogP contribution in [-0.4, -0.2) is 29.6 Å². The average molecular weight is 223 g/mol. The summed E-state index contributed by atoms with van der Waals surface area (Å²) in [5.41, 5.74) is 0.339. The molecule has 3 nitrogen and oxygen atoms in total. The van der Waals surface area contributed by atoms with Gasteiger partial charge in [0.15, 0.2) is 5.78 Å². The molecule has 2 rings (SSSR count). The highest BCUT2D eigenvalue weighted by Crippen LogP contribution is 2.18. The Morgan fingerprint density at radius 1 is 1.44 bits per heavy atom. The number of hydrogen-bond donors (Lipinski definition) is 2. The molecule has 1 aromatic carbocycles. The van der Waals surface area contributed by atoms with Crippen LogP contribution in [0.2, 0.25) is 0 Å². The largest absolute Gasteiger partial charge is 0.384 e. The van der Waals surface area contributed by atoms with Crippen molar-refractivity contribution in [3.63, 3.8) is 0 Å². The normalized spacial score (nSPS) is 17.1. The molecule has 0 radical (unpaired) electrons. The zero-order valence-corrected chi connectivity index (χ0v) is 8.82. The van der Waals surface area contributed by atoms with Gasteiger partial charge in [0.05, 0.1) is 0 Å². The van der Waals surface area contributed by atoms with Gasteiger partial charge in [-0.2, -0.15) is 0 Å². The van der Waals surface area contributed by atoms with Crippen LogP contribution in [0.25, 0.3) is 0 Å². The molecule has 0 spiro atoms. The van der Waals surface area contributed by atoms with Gasteiger partial charge in [-0.25, -0.2) is 4.39 Å². The summed E-state index contributed by atoms with van der Waals surface area (Å²) in [6.45, 7) is 0.265. The summed E-state index contributed by atoms with van der Waals surface area (Å²) in [4.78, 5) is 11.7. The molecule has 1 aliphatic rings. The molecule has 0 heterocycles. The van der Waals surface area contributed by atoms with Crippen molar-refractivity contribution in [1.29, 1.82) is 0 Å². The molecule has 4 heteroatoms. The smallest absolute Gasteiger partial charge is 0.192 e. The van der Waals surface area contributed by atoms with Gasteiger partial charge in [-0.3, -0.25) is 4.79 Å². The molecule has 1 fully saturated rings. The Hall–Kier alpha value is -1.26. The lowest BCUT2D eigenvalue weighted by molar-refractivity contribution is 0.0746. The summed E-state index contributed by atoms with van der Waals surface area (Å²) in [5.74, 6) is -0.754. The highest BCUT2D eigenvalue weighted by molar-refractivity contribution is 5.99. The maximum Gasteiger partial charge on any atom is 0.192 e. The van der Waals surface area contributed by atoms with Gasteiger partial charge in [0, 0.05) is 18.2 Å². The molecule has 1 saturated carbocycles. The molecule has 86 valence electrons. The number of Topliss-reactive ketones (excluding diaryl/α,β-unsaturated/α-hetero) is 1. The number of hydrogen-bond acceptors (Lipinski definition) is 3. The van der Waals surface area contributed by atoms with E-state index >= 15 is 0 Å². The average Bonchev–Trinajstić information content (AvgIpc) is 3.10. The monoisotopic (exact) mass is 223 g/mol. The van der Waals surface area contributed by atoms with Crippen LogP contribution >= 0.6 is 0 Å². The first-order chi connectivity index (χ1) is 7.66. The molecule has 0 saturated heterocycles. The van der Waals surface area contributed by atoms with E-state index in [0.717, 1.165) is 12.8 Å². The zero-order chi connectivity index (χ0) is 11.5. The maximum absolute atomic E-state index is 12.6. The minimum Gasteiger partial charge on any atom is -0.384 e. The van der Waals surface area contributed by atoms with E-state index in [1.807, 2.05) is 0 Å². The van der Waals surface area contributed by atoms with Crippen LogP contribution in [-0.2, 0) is 0 Å². The second kappa shape index (κ2) is 4.72. The summed E-state index contributed by atoms with van der Waals surface area (Å²) in [6, 6.07) is 5.66. The summed E-state index contributed by atoms with van der Waals surface area (Å²) < 4.78 is 12.6. The summed E-state index contributed by atoms with van der Waals surface area (Å²) >= 11 is 0. The predicted molar refractivity (Wildman–Crippen MR) is 57.8 cm³/mol. The van der Waals surface area contributed by atoms with Crippen molar-refractivity contribution in [2.24, 2.45) is 0 Å². The van der Waals surface area contributed by atoms with Crippen LogP contribution in [0, 0.1) is 5.82 Å². The Balaban J connectivity index is 1.91. The van der Waals surface area contributed by atoms with Crippen molar-refractivity contribution < 1.29 is 14.3 Å². The van der Waals surface area contributed by atoms with Gasteiger partial charge in [-0.1, -0.05) is 0 Å². The van der Waals surface area contributed by atoms with Crippen molar-refractivity contribution in [2.45, 2.75) is 25.0 Å². The van der Waals surface area contributed by atoms with Gasteiger partial charge in [0.1, 0.15) is 11.9 Å². The lowest BCUT2D eigenvalue weighted by atomic mass is 10.1. The predicted octanol–water partition coefficient (Wildman–Crippen LogP) is 1.12. The fourth-order valence-electron chi connectivity index (χ4n) is 1.46. The van der Waals surface area contributed by atoms with Crippen LogP contribution in [0.4, 0.5) is 4.39 Å². The van der Waals surface area contributed by atoms with Crippen LogP contribution in [0.5, 0.6) is 0 Å². The van der Waals surface area contributed by atoms with E-state index in [4.69, 9.17) is 0 Å². The SMILES string of the molecule is O=C(c1ccc(F)cc1)C(O)CNC1CC1. The molecule has 0 bridgehead atoms. The van der Waals surface area contributed by atoms with E-state index in [2.05, 4.69) is 5.32 Å². The van der Waals surface area contributed by atoms with Crippen molar-refractivity contribution in [3.8, 4) is 0 Å². The van der Waals surface area contributed by atoms with Crippen LogP contribution in [0.1, 0.15) is 23.2 Å². The van der Waals surface area contributed by atoms with Crippen molar-refractivity contribution >= 4 is 5.78 Å². The third-order valence-corrected chi connectivity index (χ3v) is 2.61. The lowest BCUT2D eigenvalue weighted by Gasteiger charge is -2.10. The highest BCUT2D eigenvalue weighted by atomic mass is 19.1. The topological polar surface area (TPSA) is 49.3 Å². The van der Waals surface area contributed by atoms with E-state index in [0.29, 0.717) is 11.6 Å². The number of nitrogens with one attached hydrogen (secondary N) is 1. The van der Waals surface area contributed by atoms with Crippen molar-refractivity contribution in [3.05, 3.63) is 35.6 Å². The summed E-state index contributed by atoms with van der Waals surface area (Å²) in [6.07, 6.45) is 1.17. The molecular formula is C12H14FNO2. The fraction of sp³-hybridized carbons (Fsp3) is 0.417. The van der Waals surface area contributed by atoms with Crippen LogP contribution < -0.4 is 5.32 Å².